The molecule has 0 saturated carbocycles. The molecule has 84 valence electrons. The van der Waals surface area contributed by atoms with E-state index in [1.54, 1.807) is 0 Å². The minimum Gasteiger partial charge on any atom is -0.325 e. The highest BCUT2D eigenvalue weighted by Gasteiger charge is 2.09. The van der Waals surface area contributed by atoms with E-state index >= 15 is 0 Å². The molecule has 0 aromatic heterocycles. The average Bonchev–Trinajstić information content (AvgIpc) is 2.19. The van der Waals surface area contributed by atoms with Gasteiger partial charge in [0.1, 0.15) is 11.9 Å². The van der Waals surface area contributed by atoms with Gasteiger partial charge in [-0.3, -0.25) is 4.79 Å². The van der Waals surface area contributed by atoms with Crippen molar-refractivity contribution in [3.8, 4) is 6.07 Å². The lowest BCUT2D eigenvalue weighted by Gasteiger charge is -2.08. The largest absolute Gasteiger partial charge is 0.325 e. The van der Waals surface area contributed by atoms with E-state index in [0.29, 0.717) is 12.1 Å². The zero-order valence-electron chi connectivity index (χ0n) is 9.25. The monoisotopic (exact) mass is 220 g/mol. The lowest BCUT2D eigenvalue weighted by atomic mass is 10.1. The van der Waals surface area contributed by atoms with Gasteiger partial charge in [0.2, 0.25) is 5.91 Å². The second kappa shape index (κ2) is 5.26. The molecule has 1 aromatic rings. The van der Waals surface area contributed by atoms with E-state index in [1.165, 1.54) is 12.1 Å². The molecule has 3 nitrogen and oxygen atoms in total. The quantitative estimate of drug-likeness (QED) is 0.851. The van der Waals surface area contributed by atoms with Crippen molar-refractivity contribution in [1.29, 1.82) is 5.26 Å². The molecule has 0 fully saturated rings. The fourth-order valence-corrected chi connectivity index (χ4v) is 1.29. The van der Waals surface area contributed by atoms with Crippen LogP contribution in [0.2, 0.25) is 0 Å². The first-order valence-corrected chi connectivity index (χ1v) is 5.02. The fourth-order valence-electron chi connectivity index (χ4n) is 1.29. The van der Waals surface area contributed by atoms with Crippen molar-refractivity contribution in [2.24, 2.45) is 5.92 Å². The van der Waals surface area contributed by atoms with Crippen molar-refractivity contribution in [1.82, 2.24) is 0 Å². The van der Waals surface area contributed by atoms with Gasteiger partial charge in [-0.05, 0) is 24.1 Å². The van der Waals surface area contributed by atoms with Crippen LogP contribution in [0.5, 0.6) is 0 Å². The smallest absolute Gasteiger partial charge is 0.224 e. The summed E-state index contributed by atoms with van der Waals surface area (Å²) in [5.74, 6) is -0.414. The maximum atomic E-state index is 12.8. The summed E-state index contributed by atoms with van der Waals surface area (Å²) in [6.45, 7) is 3.85. The molecule has 0 bridgehead atoms. The summed E-state index contributed by atoms with van der Waals surface area (Å²) in [6.07, 6.45) is 0.377. The predicted molar refractivity (Wildman–Crippen MR) is 59.2 cm³/mol. The van der Waals surface area contributed by atoms with Crippen LogP contribution in [-0.2, 0) is 4.79 Å². The Labute approximate surface area is 93.9 Å². The van der Waals surface area contributed by atoms with Crippen LogP contribution in [0.25, 0.3) is 0 Å². The number of benzene rings is 1. The zero-order valence-corrected chi connectivity index (χ0v) is 9.25. The molecule has 4 heteroatoms. The Balaban J connectivity index is 2.82. The van der Waals surface area contributed by atoms with Crippen molar-refractivity contribution in [3.05, 3.63) is 29.6 Å². The van der Waals surface area contributed by atoms with Crippen LogP contribution in [0.1, 0.15) is 25.8 Å². The van der Waals surface area contributed by atoms with Gasteiger partial charge >= 0.3 is 0 Å². The van der Waals surface area contributed by atoms with Gasteiger partial charge in [-0.25, -0.2) is 4.39 Å². The first kappa shape index (κ1) is 12.2. The van der Waals surface area contributed by atoms with Crippen LogP contribution in [0, 0.1) is 23.1 Å². The Hall–Kier alpha value is -1.89. The van der Waals surface area contributed by atoms with Gasteiger partial charge in [0.05, 0.1) is 11.3 Å². The fraction of sp³-hybridized carbons (Fsp3) is 0.333. The van der Waals surface area contributed by atoms with Gasteiger partial charge < -0.3 is 5.32 Å². The molecule has 16 heavy (non-hydrogen) atoms. The van der Waals surface area contributed by atoms with Gasteiger partial charge in [0.25, 0.3) is 0 Å². The summed E-state index contributed by atoms with van der Waals surface area (Å²) < 4.78 is 12.8. The van der Waals surface area contributed by atoms with E-state index in [2.05, 4.69) is 5.32 Å². The summed E-state index contributed by atoms with van der Waals surface area (Å²) in [7, 11) is 0. The Morgan fingerprint density at radius 1 is 1.56 bits per heavy atom. The predicted octanol–water partition coefficient (Wildman–Crippen LogP) is 2.68. The second-order valence-electron chi connectivity index (χ2n) is 3.95. The first-order valence-electron chi connectivity index (χ1n) is 5.02. The number of nitrogens with zero attached hydrogens (tertiary/aromatic N) is 1. The van der Waals surface area contributed by atoms with Gasteiger partial charge in [-0.15, -0.1) is 0 Å². The third-order valence-corrected chi connectivity index (χ3v) is 1.97. The molecule has 1 aromatic carbocycles. The number of amides is 1. The molecule has 1 amide bonds. The highest BCUT2D eigenvalue weighted by atomic mass is 19.1. The number of hydrogen-bond acceptors (Lipinski definition) is 2. The molecule has 0 radical (unpaired) electrons. The third-order valence-electron chi connectivity index (χ3n) is 1.97. The summed E-state index contributed by atoms with van der Waals surface area (Å²) in [4.78, 5) is 11.5. The minimum atomic E-state index is -0.488. The molecule has 1 rings (SSSR count). The lowest BCUT2D eigenvalue weighted by Crippen LogP contribution is -2.14. The summed E-state index contributed by atoms with van der Waals surface area (Å²) in [5, 5.41) is 11.4. The minimum absolute atomic E-state index is 0.136. The molecule has 0 heterocycles. The lowest BCUT2D eigenvalue weighted by molar-refractivity contribution is -0.116. The number of carbonyl (C=O) groups is 1. The Morgan fingerprint density at radius 2 is 2.25 bits per heavy atom. The maximum absolute atomic E-state index is 12.8. The Morgan fingerprint density at radius 3 is 2.81 bits per heavy atom. The second-order valence-corrected chi connectivity index (χ2v) is 3.95. The highest BCUT2D eigenvalue weighted by Crippen LogP contribution is 2.16. The Bertz CT molecular complexity index is 435. The van der Waals surface area contributed by atoms with Crippen LogP contribution < -0.4 is 5.32 Å². The molecular weight excluding hydrogens is 207 g/mol. The summed E-state index contributed by atoms with van der Waals surface area (Å²) in [5.41, 5.74) is 0.492. The van der Waals surface area contributed by atoms with E-state index in [4.69, 9.17) is 5.26 Å². The SMILES string of the molecule is CC(C)CC(=O)Nc1ccc(F)cc1C#N. The molecule has 0 spiro atoms. The van der Waals surface area contributed by atoms with E-state index < -0.39 is 5.82 Å². The molecule has 0 aliphatic carbocycles. The highest BCUT2D eigenvalue weighted by molar-refractivity contribution is 5.92. The third kappa shape index (κ3) is 3.35. The van der Waals surface area contributed by atoms with Crippen molar-refractivity contribution in [2.45, 2.75) is 20.3 Å². The topological polar surface area (TPSA) is 52.9 Å². The number of carbonyl (C=O) groups excluding carboxylic acids is 1. The maximum Gasteiger partial charge on any atom is 0.224 e. The summed E-state index contributed by atoms with van der Waals surface area (Å²) >= 11 is 0. The standard InChI is InChI=1S/C12H13FN2O/c1-8(2)5-12(16)15-11-4-3-10(13)6-9(11)7-14/h3-4,6,8H,5H2,1-2H3,(H,15,16). The van der Waals surface area contributed by atoms with E-state index in [-0.39, 0.29) is 17.4 Å². The van der Waals surface area contributed by atoms with E-state index in [9.17, 15) is 9.18 Å². The van der Waals surface area contributed by atoms with Crippen molar-refractivity contribution >= 4 is 11.6 Å². The number of rotatable bonds is 3. The zero-order chi connectivity index (χ0) is 12.1. The molecule has 1 N–H and O–H groups in total. The molecule has 0 atom stereocenters. The number of nitriles is 1. The van der Waals surface area contributed by atoms with Crippen LogP contribution in [0.3, 0.4) is 0 Å². The van der Waals surface area contributed by atoms with Crippen molar-refractivity contribution in [2.75, 3.05) is 5.32 Å². The molecule has 0 aliphatic rings. The molecule has 0 saturated heterocycles. The van der Waals surface area contributed by atoms with Gasteiger partial charge in [0.15, 0.2) is 0 Å². The molecule has 0 aliphatic heterocycles. The normalized spacial score (nSPS) is 9.94. The van der Waals surface area contributed by atoms with Gasteiger partial charge in [0, 0.05) is 6.42 Å². The van der Waals surface area contributed by atoms with Crippen LogP contribution >= 0.6 is 0 Å². The first-order chi connectivity index (χ1) is 7.52. The van der Waals surface area contributed by atoms with Crippen LogP contribution in [-0.4, -0.2) is 5.91 Å². The number of hydrogen-bond donors (Lipinski definition) is 1. The van der Waals surface area contributed by atoms with Gasteiger partial charge in [-0.1, -0.05) is 13.8 Å². The van der Waals surface area contributed by atoms with Crippen molar-refractivity contribution in [3.63, 3.8) is 0 Å². The van der Waals surface area contributed by atoms with E-state index in [0.717, 1.165) is 6.07 Å². The molecular formula is C12H13FN2O. The van der Waals surface area contributed by atoms with Gasteiger partial charge in [-0.2, -0.15) is 5.26 Å². The average molecular weight is 220 g/mol. The summed E-state index contributed by atoms with van der Waals surface area (Å²) in [6, 6.07) is 5.55. The van der Waals surface area contributed by atoms with Crippen LogP contribution in [0.15, 0.2) is 18.2 Å². The van der Waals surface area contributed by atoms with E-state index in [1.807, 2.05) is 19.9 Å². The number of anilines is 1. The number of nitrogens with one attached hydrogen (secondary N) is 1. The number of halogens is 1. The van der Waals surface area contributed by atoms with Crippen LogP contribution in [0.4, 0.5) is 10.1 Å². The van der Waals surface area contributed by atoms with Crippen molar-refractivity contribution < 1.29 is 9.18 Å². The molecule has 0 unspecified atom stereocenters. The Kier molecular flexibility index (Phi) is 4.01.